The number of hydrogen-bond donors (Lipinski definition) is 1. The molecule has 0 spiro atoms. The predicted molar refractivity (Wildman–Crippen MR) is 69.7 cm³/mol. The number of nitrogens with one attached hydrogen (secondary N) is 1. The first kappa shape index (κ1) is 12.6. The van der Waals surface area contributed by atoms with Crippen molar-refractivity contribution in [2.24, 2.45) is 11.8 Å². The summed E-state index contributed by atoms with van der Waals surface area (Å²) in [6.07, 6.45) is 1.20. The summed E-state index contributed by atoms with van der Waals surface area (Å²) < 4.78 is 13.4. The Morgan fingerprint density at radius 1 is 1.41 bits per heavy atom. The molecule has 2 heteroatoms. The van der Waals surface area contributed by atoms with Crippen LogP contribution in [0.25, 0.3) is 0 Å². The van der Waals surface area contributed by atoms with Crippen molar-refractivity contribution in [2.75, 3.05) is 13.1 Å². The Morgan fingerprint density at radius 3 is 2.82 bits per heavy atom. The van der Waals surface area contributed by atoms with Gasteiger partial charge in [0.15, 0.2) is 0 Å². The number of aryl methyl sites for hydroxylation is 1. The van der Waals surface area contributed by atoms with Crippen molar-refractivity contribution >= 4 is 0 Å². The maximum Gasteiger partial charge on any atom is 0.126 e. The molecule has 1 N–H and O–H groups in total. The van der Waals surface area contributed by atoms with Crippen LogP contribution in [0.1, 0.15) is 37.3 Å². The standard InChI is InChI=1S/C15H22FN/c1-10(2)8-17-9-13-6-14(13)12-5-4-11(3)15(16)7-12/h4-5,7,10,13-14,17H,6,8-9H2,1-3H3. The second kappa shape index (κ2) is 5.18. The summed E-state index contributed by atoms with van der Waals surface area (Å²) in [5, 5.41) is 3.48. The molecule has 0 aliphatic heterocycles. The molecule has 2 atom stereocenters. The lowest BCUT2D eigenvalue weighted by molar-refractivity contribution is 0.532. The van der Waals surface area contributed by atoms with E-state index < -0.39 is 0 Å². The number of rotatable bonds is 5. The van der Waals surface area contributed by atoms with Crippen molar-refractivity contribution in [1.82, 2.24) is 5.32 Å². The van der Waals surface area contributed by atoms with Crippen LogP contribution in [0, 0.1) is 24.6 Å². The summed E-state index contributed by atoms with van der Waals surface area (Å²) in [5.74, 6) is 1.91. The molecule has 1 aliphatic carbocycles. The van der Waals surface area contributed by atoms with Crippen LogP contribution in [0.3, 0.4) is 0 Å². The molecule has 0 heterocycles. The van der Waals surface area contributed by atoms with Gasteiger partial charge in [-0.3, -0.25) is 0 Å². The van der Waals surface area contributed by atoms with E-state index in [0.717, 1.165) is 18.7 Å². The highest BCUT2D eigenvalue weighted by Crippen LogP contribution is 2.47. The van der Waals surface area contributed by atoms with Crippen molar-refractivity contribution in [2.45, 2.75) is 33.1 Å². The summed E-state index contributed by atoms with van der Waals surface area (Å²) in [5.41, 5.74) is 1.91. The van der Waals surface area contributed by atoms with Crippen LogP contribution < -0.4 is 5.32 Å². The van der Waals surface area contributed by atoms with Crippen molar-refractivity contribution in [3.8, 4) is 0 Å². The van der Waals surface area contributed by atoms with Gasteiger partial charge in [-0.15, -0.1) is 0 Å². The Kier molecular flexibility index (Phi) is 3.82. The molecule has 0 amide bonds. The monoisotopic (exact) mass is 235 g/mol. The number of hydrogen-bond acceptors (Lipinski definition) is 1. The molecule has 0 aromatic heterocycles. The summed E-state index contributed by atoms with van der Waals surface area (Å²) in [6, 6.07) is 5.68. The van der Waals surface area contributed by atoms with Gasteiger partial charge in [0.05, 0.1) is 0 Å². The van der Waals surface area contributed by atoms with Gasteiger partial charge in [-0.25, -0.2) is 4.39 Å². The van der Waals surface area contributed by atoms with Crippen LogP contribution >= 0.6 is 0 Å². The summed E-state index contributed by atoms with van der Waals surface area (Å²) in [6.45, 7) is 8.39. The molecule has 1 aliphatic rings. The molecule has 0 bridgehead atoms. The lowest BCUT2D eigenvalue weighted by Gasteiger charge is -2.07. The maximum atomic E-state index is 13.4. The third-order valence-corrected chi connectivity index (χ3v) is 3.51. The third-order valence-electron chi connectivity index (χ3n) is 3.51. The van der Waals surface area contributed by atoms with E-state index in [-0.39, 0.29) is 5.82 Å². The Hall–Kier alpha value is -0.890. The average Bonchev–Trinajstić information content (AvgIpc) is 3.01. The Morgan fingerprint density at radius 2 is 2.18 bits per heavy atom. The fraction of sp³-hybridized carbons (Fsp3) is 0.600. The van der Waals surface area contributed by atoms with E-state index in [4.69, 9.17) is 0 Å². The molecule has 94 valence electrons. The van der Waals surface area contributed by atoms with Crippen LogP contribution in [0.4, 0.5) is 4.39 Å². The molecule has 1 saturated carbocycles. The van der Waals surface area contributed by atoms with Gasteiger partial charge in [-0.05, 0) is 61.4 Å². The molecule has 1 aromatic rings. The maximum absolute atomic E-state index is 13.4. The van der Waals surface area contributed by atoms with Crippen LogP contribution in [0.15, 0.2) is 18.2 Å². The summed E-state index contributed by atoms with van der Waals surface area (Å²) in [7, 11) is 0. The first-order valence-electron chi connectivity index (χ1n) is 6.54. The average molecular weight is 235 g/mol. The minimum Gasteiger partial charge on any atom is -0.316 e. The van der Waals surface area contributed by atoms with E-state index in [1.165, 1.54) is 12.0 Å². The van der Waals surface area contributed by atoms with Crippen LogP contribution in [0.2, 0.25) is 0 Å². The first-order chi connectivity index (χ1) is 8.08. The lowest BCUT2D eigenvalue weighted by Crippen LogP contribution is -2.22. The number of benzene rings is 1. The fourth-order valence-corrected chi connectivity index (χ4v) is 2.28. The topological polar surface area (TPSA) is 12.0 Å². The SMILES string of the molecule is Cc1ccc(C2CC2CNCC(C)C)cc1F. The molecule has 1 fully saturated rings. The van der Waals surface area contributed by atoms with Gasteiger partial charge < -0.3 is 5.32 Å². The second-order valence-electron chi connectivity index (χ2n) is 5.66. The molecular formula is C15H22FN. The van der Waals surface area contributed by atoms with Crippen molar-refractivity contribution in [3.05, 3.63) is 35.1 Å². The van der Waals surface area contributed by atoms with Crippen LogP contribution in [0.5, 0.6) is 0 Å². The zero-order valence-corrected chi connectivity index (χ0v) is 11.0. The minimum atomic E-state index is -0.0664. The Balaban J connectivity index is 1.83. The summed E-state index contributed by atoms with van der Waals surface area (Å²) >= 11 is 0. The molecule has 1 aromatic carbocycles. The fourth-order valence-electron chi connectivity index (χ4n) is 2.28. The van der Waals surface area contributed by atoms with Gasteiger partial charge in [-0.2, -0.15) is 0 Å². The highest BCUT2D eigenvalue weighted by molar-refractivity contribution is 5.30. The third kappa shape index (κ3) is 3.29. The molecule has 0 saturated heterocycles. The van der Waals surface area contributed by atoms with Gasteiger partial charge >= 0.3 is 0 Å². The van der Waals surface area contributed by atoms with E-state index in [2.05, 4.69) is 25.2 Å². The second-order valence-corrected chi connectivity index (χ2v) is 5.66. The van der Waals surface area contributed by atoms with E-state index in [1.54, 1.807) is 6.07 Å². The van der Waals surface area contributed by atoms with Crippen LogP contribution in [-0.4, -0.2) is 13.1 Å². The van der Waals surface area contributed by atoms with E-state index in [9.17, 15) is 4.39 Å². The molecule has 1 nitrogen and oxygen atoms in total. The van der Waals surface area contributed by atoms with Gasteiger partial charge in [-0.1, -0.05) is 26.0 Å². The Labute approximate surface area is 103 Å². The number of halogens is 1. The summed E-state index contributed by atoms with van der Waals surface area (Å²) in [4.78, 5) is 0. The lowest BCUT2D eigenvalue weighted by atomic mass is 10.1. The van der Waals surface area contributed by atoms with E-state index in [1.807, 2.05) is 13.0 Å². The molecule has 2 rings (SSSR count). The van der Waals surface area contributed by atoms with Gasteiger partial charge in [0, 0.05) is 0 Å². The van der Waals surface area contributed by atoms with E-state index in [0.29, 0.717) is 17.8 Å². The minimum absolute atomic E-state index is 0.0664. The normalized spacial score (nSPS) is 23.1. The van der Waals surface area contributed by atoms with Gasteiger partial charge in [0.2, 0.25) is 0 Å². The van der Waals surface area contributed by atoms with Crippen LogP contribution in [-0.2, 0) is 0 Å². The quantitative estimate of drug-likeness (QED) is 0.824. The largest absolute Gasteiger partial charge is 0.316 e. The van der Waals surface area contributed by atoms with Crippen molar-refractivity contribution in [3.63, 3.8) is 0 Å². The van der Waals surface area contributed by atoms with Crippen molar-refractivity contribution < 1.29 is 4.39 Å². The highest BCUT2D eigenvalue weighted by atomic mass is 19.1. The Bertz CT molecular complexity index is 387. The van der Waals surface area contributed by atoms with Gasteiger partial charge in [0.25, 0.3) is 0 Å². The zero-order valence-electron chi connectivity index (χ0n) is 11.0. The smallest absolute Gasteiger partial charge is 0.126 e. The van der Waals surface area contributed by atoms with Crippen molar-refractivity contribution in [1.29, 1.82) is 0 Å². The molecule has 0 radical (unpaired) electrons. The van der Waals surface area contributed by atoms with Gasteiger partial charge in [0.1, 0.15) is 5.82 Å². The zero-order chi connectivity index (χ0) is 12.4. The first-order valence-corrected chi connectivity index (χ1v) is 6.54. The predicted octanol–water partition coefficient (Wildman–Crippen LogP) is 3.48. The highest BCUT2D eigenvalue weighted by Gasteiger charge is 2.37. The molecule has 2 unspecified atom stereocenters. The van der Waals surface area contributed by atoms with E-state index >= 15 is 0 Å². The molecule has 17 heavy (non-hydrogen) atoms. The molecular weight excluding hydrogens is 213 g/mol.